The second-order valence-corrected chi connectivity index (χ2v) is 7.94. The topological polar surface area (TPSA) is 38.9 Å². The van der Waals surface area contributed by atoms with Gasteiger partial charge in [0, 0.05) is 27.6 Å². The van der Waals surface area contributed by atoms with Gasteiger partial charge in [0.05, 0.1) is 5.69 Å². The van der Waals surface area contributed by atoms with Crippen LogP contribution in [-0.4, -0.2) is 9.97 Å². The van der Waals surface area contributed by atoms with Crippen molar-refractivity contribution in [1.82, 2.24) is 9.97 Å². The van der Waals surface area contributed by atoms with Crippen LogP contribution in [0.4, 0.5) is 0 Å². The van der Waals surface area contributed by atoms with Gasteiger partial charge in [-0.3, -0.25) is 0 Å². The molecular formula is C29H20N2O. The second kappa shape index (κ2) is 7.47. The molecule has 3 heteroatoms. The lowest BCUT2D eigenvalue weighted by atomic mass is 10.0. The van der Waals surface area contributed by atoms with Crippen LogP contribution >= 0.6 is 0 Å². The molecule has 0 amide bonds. The molecule has 0 fully saturated rings. The van der Waals surface area contributed by atoms with E-state index >= 15 is 0 Å². The summed E-state index contributed by atoms with van der Waals surface area (Å²) in [6.45, 7) is 2.01. The van der Waals surface area contributed by atoms with Gasteiger partial charge in [-0.15, -0.1) is 0 Å². The lowest BCUT2D eigenvalue weighted by Gasteiger charge is -2.09. The van der Waals surface area contributed by atoms with Gasteiger partial charge < -0.3 is 4.42 Å². The summed E-state index contributed by atoms with van der Waals surface area (Å²) < 4.78 is 6.07. The van der Waals surface area contributed by atoms with Gasteiger partial charge in [-0.2, -0.15) is 0 Å². The van der Waals surface area contributed by atoms with Crippen molar-refractivity contribution in [2.45, 2.75) is 6.92 Å². The maximum atomic E-state index is 6.07. The molecule has 0 aliphatic carbocycles. The van der Waals surface area contributed by atoms with E-state index in [0.717, 1.165) is 50.3 Å². The molecule has 152 valence electrons. The summed E-state index contributed by atoms with van der Waals surface area (Å²) in [6, 6.07) is 35.1. The number of para-hydroxylation sites is 1. The number of rotatable bonds is 3. The number of aryl methyl sites for hydroxylation is 1. The molecule has 0 spiro atoms. The Bertz CT molecular complexity index is 1560. The molecule has 0 saturated heterocycles. The van der Waals surface area contributed by atoms with Crippen LogP contribution in [0.15, 0.2) is 108 Å². The monoisotopic (exact) mass is 412 g/mol. The van der Waals surface area contributed by atoms with Crippen molar-refractivity contribution in [1.29, 1.82) is 0 Å². The van der Waals surface area contributed by atoms with Gasteiger partial charge in [0.25, 0.3) is 0 Å². The highest BCUT2D eigenvalue weighted by Gasteiger charge is 2.14. The molecule has 0 saturated carbocycles. The molecule has 0 radical (unpaired) electrons. The molecule has 0 atom stereocenters. The van der Waals surface area contributed by atoms with Crippen molar-refractivity contribution in [2.24, 2.45) is 0 Å². The first-order valence-electron chi connectivity index (χ1n) is 10.7. The third-order valence-electron chi connectivity index (χ3n) is 5.78. The lowest BCUT2D eigenvalue weighted by molar-refractivity contribution is 0.669. The Hall–Kier alpha value is -4.24. The normalized spacial score (nSPS) is 11.3. The SMILES string of the molecule is Cc1cc(-c2cccc3oc4ccccc4c23)nc(-c2ccc(-c3ccccc3)cc2)n1. The predicted octanol–water partition coefficient (Wildman–Crippen LogP) is 7.69. The summed E-state index contributed by atoms with van der Waals surface area (Å²) in [4.78, 5) is 9.69. The lowest BCUT2D eigenvalue weighted by Crippen LogP contribution is -1.95. The minimum absolute atomic E-state index is 0.726. The first-order chi connectivity index (χ1) is 15.8. The van der Waals surface area contributed by atoms with Crippen molar-refractivity contribution < 1.29 is 4.42 Å². The molecule has 0 N–H and O–H groups in total. The molecule has 2 heterocycles. The molecule has 32 heavy (non-hydrogen) atoms. The van der Waals surface area contributed by atoms with Crippen LogP contribution in [0.3, 0.4) is 0 Å². The smallest absolute Gasteiger partial charge is 0.160 e. The second-order valence-electron chi connectivity index (χ2n) is 7.94. The molecule has 0 unspecified atom stereocenters. The third-order valence-corrected chi connectivity index (χ3v) is 5.78. The van der Waals surface area contributed by atoms with E-state index in [1.165, 1.54) is 11.1 Å². The van der Waals surface area contributed by atoms with Crippen molar-refractivity contribution in [3.63, 3.8) is 0 Å². The van der Waals surface area contributed by atoms with Crippen molar-refractivity contribution in [3.05, 3.63) is 109 Å². The Morgan fingerprint density at radius 1 is 0.594 bits per heavy atom. The molecule has 0 bridgehead atoms. The number of hydrogen-bond acceptors (Lipinski definition) is 3. The van der Waals surface area contributed by atoms with Gasteiger partial charge in [-0.1, -0.05) is 84.9 Å². The standard InChI is InChI=1S/C29H20N2O/c1-19-18-25(23-11-7-13-27-28(23)24-10-5-6-12-26(24)32-27)31-29(30-19)22-16-14-21(15-17-22)20-8-3-2-4-9-20/h2-18H,1H3. The summed E-state index contributed by atoms with van der Waals surface area (Å²) in [5.41, 5.74) is 8.02. The summed E-state index contributed by atoms with van der Waals surface area (Å²) in [6.07, 6.45) is 0. The van der Waals surface area contributed by atoms with Gasteiger partial charge in [-0.05, 0) is 36.2 Å². The van der Waals surface area contributed by atoms with E-state index in [9.17, 15) is 0 Å². The maximum Gasteiger partial charge on any atom is 0.160 e. The van der Waals surface area contributed by atoms with E-state index in [4.69, 9.17) is 14.4 Å². The van der Waals surface area contributed by atoms with Crippen molar-refractivity contribution in [3.8, 4) is 33.8 Å². The van der Waals surface area contributed by atoms with Gasteiger partial charge in [-0.25, -0.2) is 9.97 Å². The Morgan fingerprint density at radius 2 is 1.28 bits per heavy atom. The Labute approximate surface area is 186 Å². The largest absolute Gasteiger partial charge is 0.456 e. The zero-order chi connectivity index (χ0) is 21.5. The van der Waals surface area contributed by atoms with Crippen LogP contribution in [0.25, 0.3) is 55.7 Å². The average molecular weight is 412 g/mol. The number of benzene rings is 4. The fourth-order valence-electron chi connectivity index (χ4n) is 4.27. The van der Waals surface area contributed by atoms with Crippen LogP contribution in [0.5, 0.6) is 0 Å². The summed E-state index contributed by atoms with van der Waals surface area (Å²) in [7, 11) is 0. The Balaban J connectivity index is 1.48. The van der Waals surface area contributed by atoms with E-state index in [0.29, 0.717) is 0 Å². The minimum Gasteiger partial charge on any atom is -0.456 e. The average Bonchev–Trinajstić information content (AvgIpc) is 3.23. The molecular weight excluding hydrogens is 392 g/mol. The zero-order valence-electron chi connectivity index (χ0n) is 17.6. The van der Waals surface area contributed by atoms with Gasteiger partial charge in [0.1, 0.15) is 11.2 Å². The highest BCUT2D eigenvalue weighted by Crippen LogP contribution is 2.36. The number of hydrogen-bond donors (Lipinski definition) is 0. The first kappa shape index (κ1) is 18.5. The summed E-state index contributed by atoms with van der Waals surface area (Å²) >= 11 is 0. The molecule has 4 aromatic carbocycles. The van der Waals surface area contributed by atoms with Gasteiger partial charge >= 0.3 is 0 Å². The molecule has 6 aromatic rings. The number of fused-ring (bicyclic) bond motifs is 3. The van der Waals surface area contributed by atoms with E-state index in [-0.39, 0.29) is 0 Å². The Kier molecular flexibility index (Phi) is 4.32. The van der Waals surface area contributed by atoms with Crippen LogP contribution in [0, 0.1) is 6.92 Å². The molecule has 3 nitrogen and oxygen atoms in total. The highest BCUT2D eigenvalue weighted by molar-refractivity contribution is 6.12. The zero-order valence-corrected chi connectivity index (χ0v) is 17.6. The van der Waals surface area contributed by atoms with Crippen molar-refractivity contribution in [2.75, 3.05) is 0 Å². The van der Waals surface area contributed by atoms with E-state index in [2.05, 4.69) is 60.7 Å². The molecule has 0 aliphatic heterocycles. The fourth-order valence-corrected chi connectivity index (χ4v) is 4.27. The first-order valence-corrected chi connectivity index (χ1v) is 10.7. The van der Waals surface area contributed by atoms with Crippen LogP contribution in [0.1, 0.15) is 5.69 Å². The quantitative estimate of drug-likeness (QED) is 0.299. The van der Waals surface area contributed by atoms with Crippen LogP contribution < -0.4 is 0 Å². The molecule has 0 aliphatic rings. The highest BCUT2D eigenvalue weighted by atomic mass is 16.3. The van der Waals surface area contributed by atoms with Gasteiger partial charge in [0.15, 0.2) is 5.82 Å². The number of furan rings is 1. The van der Waals surface area contributed by atoms with E-state index in [1.54, 1.807) is 0 Å². The predicted molar refractivity (Wildman–Crippen MR) is 130 cm³/mol. The minimum atomic E-state index is 0.726. The third kappa shape index (κ3) is 3.15. The summed E-state index contributed by atoms with van der Waals surface area (Å²) in [5, 5.41) is 2.19. The van der Waals surface area contributed by atoms with E-state index < -0.39 is 0 Å². The Morgan fingerprint density at radius 3 is 2.12 bits per heavy atom. The maximum absolute atomic E-state index is 6.07. The molecule has 2 aromatic heterocycles. The van der Waals surface area contributed by atoms with Crippen LogP contribution in [-0.2, 0) is 0 Å². The van der Waals surface area contributed by atoms with Gasteiger partial charge in [0.2, 0.25) is 0 Å². The van der Waals surface area contributed by atoms with E-state index in [1.807, 2.05) is 49.4 Å². The fraction of sp³-hybridized carbons (Fsp3) is 0.0345. The van der Waals surface area contributed by atoms with Crippen molar-refractivity contribution >= 4 is 21.9 Å². The van der Waals surface area contributed by atoms with Crippen LogP contribution in [0.2, 0.25) is 0 Å². The summed E-state index contributed by atoms with van der Waals surface area (Å²) in [5.74, 6) is 0.726. The number of aromatic nitrogens is 2. The molecule has 6 rings (SSSR count). The number of nitrogens with zero attached hydrogens (tertiary/aromatic N) is 2.